The Morgan fingerprint density at radius 3 is 2.50 bits per heavy atom. The summed E-state index contributed by atoms with van der Waals surface area (Å²) in [5, 5.41) is 11.0. The minimum Gasteiger partial charge on any atom is -0.490 e. The van der Waals surface area contributed by atoms with Gasteiger partial charge in [0.1, 0.15) is 18.2 Å². The van der Waals surface area contributed by atoms with Crippen molar-refractivity contribution in [3.8, 4) is 11.8 Å². The lowest BCUT2D eigenvalue weighted by molar-refractivity contribution is -0.151. The normalized spacial score (nSPS) is 16.6. The molecule has 0 aromatic rings. The Morgan fingerprint density at radius 2 is 1.85 bits per heavy atom. The van der Waals surface area contributed by atoms with Crippen molar-refractivity contribution in [3.63, 3.8) is 0 Å². The minimum atomic E-state index is -0.838. The van der Waals surface area contributed by atoms with Crippen LogP contribution in [0, 0.1) is 23.2 Å². The number of carbonyl (C=O) groups excluding carboxylic acids is 5. The van der Waals surface area contributed by atoms with Crippen LogP contribution in [0.2, 0.25) is 0 Å². The van der Waals surface area contributed by atoms with E-state index in [4.69, 9.17) is 14.2 Å². The molecule has 12 nitrogen and oxygen atoms in total. The second-order valence-electron chi connectivity index (χ2n) is 12.9. The molecule has 0 bridgehead atoms. The molecule has 1 rings (SSSR count). The molecular weight excluding hydrogens is 705 g/mol. The molecule has 0 saturated heterocycles. The van der Waals surface area contributed by atoms with Gasteiger partial charge in [0.05, 0.1) is 7.11 Å². The van der Waals surface area contributed by atoms with E-state index in [0.717, 1.165) is 11.3 Å². The first-order valence-corrected chi connectivity index (χ1v) is 19.9. The van der Waals surface area contributed by atoms with Gasteiger partial charge in [-0.1, -0.05) is 91.2 Å². The lowest BCUT2D eigenvalue weighted by atomic mass is 9.86. The van der Waals surface area contributed by atoms with Gasteiger partial charge in [0.25, 0.3) is 0 Å². The van der Waals surface area contributed by atoms with Gasteiger partial charge in [-0.3, -0.25) is 14.4 Å². The van der Waals surface area contributed by atoms with Crippen molar-refractivity contribution in [2.45, 2.75) is 91.9 Å². The largest absolute Gasteiger partial charge is 0.490 e. The zero-order valence-electron chi connectivity index (χ0n) is 31.7. The Kier molecular flexibility index (Phi) is 22.8. The summed E-state index contributed by atoms with van der Waals surface area (Å²) >= 11 is 0. The van der Waals surface area contributed by atoms with Gasteiger partial charge < -0.3 is 35.5 Å². The number of allylic oxidation sites excluding steroid dienone is 4. The van der Waals surface area contributed by atoms with E-state index in [0.29, 0.717) is 45.2 Å². The van der Waals surface area contributed by atoms with Gasteiger partial charge >= 0.3 is 12.1 Å². The number of amides is 4. The van der Waals surface area contributed by atoms with E-state index < -0.39 is 41.4 Å². The summed E-state index contributed by atoms with van der Waals surface area (Å²) in [5.41, 5.74) is 0.336. The predicted molar refractivity (Wildman–Crippen MR) is 209 cm³/mol. The average molecular weight is 761 g/mol. The molecule has 288 valence electrons. The molecule has 4 amide bonds. The Bertz CT molecular complexity index is 1410. The number of nitrogens with one attached hydrogen (secondary N) is 4. The van der Waals surface area contributed by atoms with Gasteiger partial charge in [-0.2, -0.15) is 0 Å². The van der Waals surface area contributed by atoms with Crippen LogP contribution in [0.1, 0.15) is 73.6 Å². The van der Waals surface area contributed by atoms with E-state index in [1.807, 2.05) is 53.0 Å². The summed E-state index contributed by atoms with van der Waals surface area (Å²) in [5.74, 6) is 5.33. The van der Waals surface area contributed by atoms with Crippen molar-refractivity contribution in [2.75, 3.05) is 32.2 Å². The lowest BCUT2D eigenvalue weighted by Gasteiger charge is -2.29. The van der Waals surface area contributed by atoms with Crippen LogP contribution in [-0.4, -0.2) is 80.2 Å². The second kappa shape index (κ2) is 25.8. The summed E-state index contributed by atoms with van der Waals surface area (Å²) in [6, 6.07) is -0.838. The Labute approximate surface area is 317 Å². The molecule has 0 saturated carbocycles. The summed E-state index contributed by atoms with van der Waals surface area (Å²) in [4.78, 5) is 61.9. The maximum absolute atomic E-state index is 13.1. The summed E-state index contributed by atoms with van der Waals surface area (Å²) < 4.78 is 16.0. The second-order valence-corrected chi connectivity index (χ2v) is 15.6. The molecular formula is C38H56N4O8S2. The molecule has 4 N–H and O–H groups in total. The quantitative estimate of drug-likeness (QED) is 0.0294. The molecule has 1 aliphatic rings. The number of carbonyl (C=O) groups is 5. The van der Waals surface area contributed by atoms with Gasteiger partial charge in [0.2, 0.25) is 17.7 Å². The fourth-order valence-corrected chi connectivity index (χ4v) is 5.86. The zero-order chi connectivity index (χ0) is 38.9. The fraction of sp³-hybridized carbons (Fsp3) is 0.553. The Hall–Kier alpha value is -4.09. The van der Waals surface area contributed by atoms with Crippen LogP contribution < -0.4 is 21.3 Å². The Morgan fingerprint density at radius 1 is 1.13 bits per heavy atom. The van der Waals surface area contributed by atoms with Crippen LogP contribution in [0.3, 0.4) is 0 Å². The highest BCUT2D eigenvalue weighted by atomic mass is 33.1. The number of alkyl carbamates (subject to hydrolysis) is 1. The summed E-state index contributed by atoms with van der Waals surface area (Å²) in [6.45, 7) is 11.9. The first-order chi connectivity index (χ1) is 24.7. The number of ether oxygens (including phenoxy) is 3. The molecule has 4 atom stereocenters. The molecule has 14 heteroatoms. The van der Waals surface area contributed by atoms with E-state index >= 15 is 0 Å². The van der Waals surface area contributed by atoms with Crippen molar-refractivity contribution in [3.05, 3.63) is 60.1 Å². The van der Waals surface area contributed by atoms with Crippen LogP contribution in [0.15, 0.2) is 60.1 Å². The predicted octanol–water partition coefficient (Wildman–Crippen LogP) is 5.49. The van der Waals surface area contributed by atoms with Crippen LogP contribution >= 0.6 is 21.6 Å². The molecule has 0 fully saturated rings. The van der Waals surface area contributed by atoms with Crippen LogP contribution in [0.5, 0.6) is 0 Å². The topological polar surface area (TPSA) is 161 Å². The highest BCUT2D eigenvalue weighted by molar-refractivity contribution is 8.76. The van der Waals surface area contributed by atoms with Crippen molar-refractivity contribution < 1.29 is 38.2 Å². The Balaban J connectivity index is 2.61. The molecule has 0 spiro atoms. The SMILES string of the molecule is CC#CC[C@@H](C/C=C\NC(=O)[C@@H](NC(=O)\C=C/C=C\C(C)=C\[C@H](C)[C@@H]1CC=C(OC)C(=O)O1)C(C)(C)C)OC(=O)NCCCNC(=O)CCSSC. The number of rotatable bonds is 21. The molecule has 0 aliphatic carbocycles. The van der Waals surface area contributed by atoms with Gasteiger partial charge in [-0.05, 0) is 44.2 Å². The van der Waals surface area contributed by atoms with Crippen LogP contribution in [0.25, 0.3) is 0 Å². The molecule has 0 aromatic carbocycles. The van der Waals surface area contributed by atoms with Crippen molar-refractivity contribution in [1.29, 1.82) is 0 Å². The van der Waals surface area contributed by atoms with E-state index in [1.165, 1.54) is 19.4 Å². The van der Waals surface area contributed by atoms with Crippen molar-refractivity contribution in [2.24, 2.45) is 11.3 Å². The first kappa shape index (κ1) is 45.9. The fourth-order valence-electron chi connectivity index (χ4n) is 4.67. The number of hydrogen-bond acceptors (Lipinski definition) is 10. The highest BCUT2D eigenvalue weighted by Gasteiger charge is 2.32. The van der Waals surface area contributed by atoms with Gasteiger partial charge in [-0.25, -0.2) is 9.59 Å². The third-order valence-electron chi connectivity index (χ3n) is 7.46. The van der Waals surface area contributed by atoms with E-state index in [-0.39, 0.29) is 23.7 Å². The van der Waals surface area contributed by atoms with Crippen LogP contribution in [0.4, 0.5) is 4.79 Å². The van der Waals surface area contributed by atoms with E-state index in [2.05, 4.69) is 33.1 Å². The molecule has 1 aliphatic heterocycles. The van der Waals surface area contributed by atoms with Crippen LogP contribution in [-0.2, 0) is 33.4 Å². The molecule has 0 radical (unpaired) electrons. The maximum Gasteiger partial charge on any atom is 0.407 e. The van der Waals surface area contributed by atoms with Gasteiger partial charge in [-0.15, -0.1) is 5.92 Å². The van der Waals surface area contributed by atoms with Crippen molar-refractivity contribution >= 4 is 51.4 Å². The monoisotopic (exact) mass is 760 g/mol. The van der Waals surface area contributed by atoms with E-state index in [9.17, 15) is 24.0 Å². The van der Waals surface area contributed by atoms with Crippen molar-refractivity contribution in [1.82, 2.24) is 21.3 Å². The van der Waals surface area contributed by atoms with Gasteiger partial charge in [0.15, 0.2) is 5.76 Å². The molecule has 52 heavy (non-hydrogen) atoms. The molecule has 0 aromatic heterocycles. The number of cyclic esters (lactones) is 1. The third-order valence-corrected chi connectivity index (χ3v) is 9.27. The van der Waals surface area contributed by atoms with Gasteiger partial charge in [0, 0.05) is 56.5 Å². The molecule has 0 unspecified atom stereocenters. The third kappa shape index (κ3) is 20.1. The number of hydrogen-bond donors (Lipinski definition) is 4. The molecule has 1 heterocycles. The first-order valence-electron chi connectivity index (χ1n) is 17.2. The summed E-state index contributed by atoms with van der Waals surface area (Å²) in [7, 11) is 4.69. The minimum absolute atomic E-state index is 0.0182. The number of methoxy groups -OCH3 is 1. The van der Waals surface area contributed by atoms with E-state index in [1.54, 1.807) is 52.8 Å². The number of esters is 1. The standard InChI is InChI=1S/C38H56N4O8S2/c1-9-10-16-29(49-37(47)41-24-14-23-39-32(43)21-25-52-51-8)17-13-22-40-35(45)34(38(4,5)6)42-33(44)18-12-11-15-27(2)26-28(3)30-19-20-31(48-7)36(46)50-30/h11-13,15,18,20,22,26,28-30,34H,14,16-17,19,21,23-25H2,1-8H3,(H,39,43)(H,40,45)(H,41,47)(H,42,44)/b15-11-,18-12-,22-13-,27-26+/t28-,29-,30-,34+/m0/s1. The smallest absolute Gasteiger partial charge is 0.407 e. The zero-order valence-corrected chi connectivity index (χ0v) is 33.3. The highest BCUT2D eigenvalue weighted by Crippen LogP contribution is 2.23. The summed E-state index contributed by atoms with van der Waals surface area (Å²) in [6.07, 6.45) is 16.1. The average Bonchev–Trinajstić information content (AvgIpc) is 3.08. The lowest BCUT2D eigenvalue weighted by Crippen LogP contribution is -2.52. The maximum atomic E-state index is 13.1.